The van der Waals surface area contributed by atoms with Crippen molar-refractivity contribution >= 4 is 22.6 Å². The molecule has 1 aromatic rings. The van der Waals surface area contributed by atoms with Gasteiger partial charge in [-0.2, -0.15) is 0 Å². The van der Waals surface area contributed by atoms with Crippen molar-refractivity contribution in [1.82, 2.24) is 0 Å². The van der Waals surface area contributed by atoms with Gasteiger partial charge in [0, 0.05) is 10.2 Å². The molecule has 2 fully saturated rings. The Morgan fingerprint density at radius 3 is 2.58 bits per heavy atom. The molecular weight excluding hydrogens is 351 g/mol. The van der Waals surface area contributed by atoms with Crippen LogP contribution in [0.2, 0.25) is 0 Å². The molecule has 1 aliphatic carbocycles. The highest BCUT2D eigenvalue weighted by atomic mass is 127. The van der Waals surface area contributed by atoms with E-state index in [1.165, 1.54) is 22.8 Å². The van der Waals surface area contributed by atoms with Crippen LogP contribution in [0.4, 0.5) is 0 Å². The molecule has 0 bridgehead atoms. The predicted octanol–water partition coefficient (Wildman–Crippen LogP) is 3.85. The summed E-state index contributed by atoms with van der Waals surface area (Å²) in [6.45, 7) is 2.77. The van der Waals surface area contributed by atoms with E-state index in [1.54, 1.807) is 0 Å². The molecule has 0 aromatic heterocycles. The zero-order chi connectivity index (χ0) is 13.5. The molecule has 1 saturated carbocycles. The van der Waals surface area contributed by atoms with Crippen molar-refractivity contribution in [3.8, 4) is 0 Å². The molecule has 3 heteroatoms. The zero-order valence-corrected chi connectivity index (χ0v) is 13.5. The van der Waals surface area contributed by atoms with Crippen LogP contribution in [0.25, 0.3) is 0 Å². The van der Waals surface area contributed by atoms with Crippen LogP contribution < -0.4 is 0 Å². The number of hydrogen-bond donors (Lipinski definition) is 1. The Hall–Kier alpha value is -0.130. The van der Waals surface area contributed by atoms with Gasteiger partial charge in [0.15, 0.2) is 0 Å². The van der Waals surface area contributed by atoms with Crippen molar-refractivity contribution in [1.29, 1.82) is 0 Å². The highest BCUT2D eigenvalue weighted by molar-refractivity contribution is 14.1. The first-order chi connectivity index (χ1) is 9.02. The third-order valence-corrected chi connectivity index (χ3v) is 5.70. The smallest absolute Gasteiger partial charge is 0.0898 e. The van der Waals surface area contributed by atoms with Crippen LogP contribution in [0.1, 0.15) is 44.6 Å². The van der Waals surface area contributed by atoms with Gasteiger partial charge >= 0.3 is 0 Å². The Labute approximate surface area is 128 Å². The van der Waals surface area contributed by atoms with Crippen LogP contribution in [0.15, 0.2) is 24.3 Å². The minimum Gasteiger partial charge on any atom is -0.385 e. The lowest BCUT2D eigenvalue weighted by Gasteiger charge is -2.50. The zero-order valence-electron chi connectivity index (χ0n) is 11.4. The fourth-order valence-electron chi connectivity index (χ4n) is 3.45. The van der Waals surface area contributed by atoms with Crippen LogP contribution in [0.5, 0.6) is 0 Å². The Kier molecular flexibility index (Phi) is 3.65. The van der Waals surface area contributed by atoms with Crippen molar-refractivity contribution in [2.75, 3.05) is 6.61 Å². The molecule has 19 heavy (non-hydrogen) atoms. The van der Waals surface area contributed by atoms with E-state index in [4.69, 9.17) is 4.74 Å². The van der Waals surface area contributed by atoms with E-state index in [9.17, 15) is 5.11 Å². The van der Waals surface area contributed by atoms with Gasteiger partial charge in [0.1, 0.15) is 0 Å². The lowest BCUT2D eigenvalue weighted by atomic mass is 9.67. The molecule has 1 saturated heterocycles. The molecule has 1 spiro atoms. The fourth-order valence-corrected chi connectivity index (χ4v) is 3.81. The Morgan fingerprint density at radius 1 is 1.32 bits per heavy atom. The lowest BCUT2D eigenvalue weighted by molar-refractivity contribution is -0.174. The highest BCUT2D eigenvalue weighted by Crippen LogP contribution is 2.48. The van der Waals surface area contributed by atoms with Gasteiger partial charge in [0.2, 0.25) is 0 Å². The molecule has 104 valence electrons. The molecule has 3 rings (SSSR count). The SMILES string of the molecule is CC(O)(c1ccc(I)cc1)C1CCOC2(CCC2)C1. The van der Waals surface area contributed by atoms with Crippen molar-refractivity contribution in [2.24, 2.45) is 5.92 Å². The fraction of sp³-hybridized carbons (Fsp3) is 0.625. The van der Waals surface area contributed by atoms with Gasteiger partial charge in [-0.1, -0.05) is 12.1 Å². The molecule has 2 nitrogen and oxygen atoms in total. The topological polar surface area (TPSA) is 29.5 Å². The summed E-state index contributed by atoms with van der Waals surface area (Å²) in [5, 5.41) is 11.0. The number of hydrogen-bond acceptors (Lipinski definition) is 2. The van der Waals surface area contributed by atoms with E-state index in [-0.39, 0.29) is 5.60 Å². The molecule has 1 aromatic carbocycles. The highest BCUT2D eigenvalue weighted by Gasteiger charge is 2.47. The predicted molar refractivity (Wildman–Crippen MR) is 84.0 cm³/mol. The van der Waals surface area contributed by atoms with Crippen LogP contribution in [-0.4, -0.2) is 17.3 Å². The average molecular weight is 372 g/mol. The molecule has 1 heterocycles. The van der Waals surface area contributed by atoms with Crippen LogP contribution >= 0.6 is 22.6 Å². The van der Waals surface area contributed by atoms with E-state index in [1.807, 2.05) is 6.92 Å². The first-order valence-corrected chi connectivity index (χ1v) is 8.22. The first-order valence-electron chi connectivity index (χ1n) is 7.14. The van der Waals surface area contributed by atoms with Gasteiger partial charge in [-0.15, -0.1) is 0 Å². The number of ether oxygens (including phenoxy) is 1. The molecular formula is C16H21IO2. The molecule has 2 unspecified atom stereocenters. The summed E-state index contributed by atoms with van der Waals surface area (Å²) in [5.74, 6) is 0.307. The number of benzene rings is 1. The second-order valence-corrected chi connectivity index (χ2v) is 7.47. The molecule has 2 atom stereocenters. The van der Waals surface area contributed by atoms with Gasteiger partial charge in [-0.25, -0.2) is 0 Å². The monoisotopic (exact) mass is 372 g/mol. The second kappa shape index (κ2) is 5.01. The third-order valence-electron chi connectivity index (χ3n) is 4.98. The summed E-state index contributed by atoms with van der Waals surface area (Å²) in [6, 6.07) is 8.26. The molecule has 1 aliphatic heterocycles. The molecule has 2 aliphatic rings. The molecule has 0 radical (unpaired) electrons. The summed E-state index contributed by atoms with van der Waals surface area (Å²) in [5.41, 5.74) is 0.390. The molecule has 0 amide bonds. The summed E-state index contributed by atoms with van der Waals surface area (Å²) >= 11 is 2.30. The minimum atomic E-state index is -0.739. The van der Waals surface area contributed by atoms with Gasteiger partial charge < -0.3 is 9.84 Å². The summed E-state index contributed by atoms with van der Waals surface area (Å²) < 4.78 is 7.18. The largest absolute Gasteiger partial charge is 0.385 e. The summed E-state index contributed by atoms with van der Waals surface area (Å²) in [7, 11) is 0. The average Bonchev–Trinajstić information content (AvgIpc) is 2.37. The van der Waals surface area contributed by atoms with Crippen LogP contribution in [0.3, 0.4) is 0 Å². The number of aliphatic hydroxyl groups is 1. The number of rotatable bonds is 2. The second-order valence-electron chi connectivity index (χ2n) is 6.23. The van der Waals surface area contributed by atoms with E-state index in [0.717, 1.165) is 25.0 Å². The van der Waals surface area contributed by atoms with Crippen LogP contribution in [0, 0.1) is 9.49 Å². The van der Waals surface area contributed by atoms with Crippen molar-refractivity contribution in [2.45, 2.75) is 50.2 Å². The van der Waals surface area contributed by atoms with Crippen molar-refractivity contribution in [3.63, 3.8) is 0 Å². The van der Waals surface area contributed by atoms with E-state index < -0.39 is 5.60 Å². The summed E-state index contributed by atoms with van der Waals surface area (Å²) in [4.78, 5) is 0. The minimum absolute atomic E-state index is 0.0934. The first kappa shape index (κ1) is 13.8. The lowest BCUT2D eigenvalue weighted by Crippen LogP contribution is -2.49. The number of halogens is 1. The summed E-state index contributed by atoms with van der Waals surface area (Å²) in [6.07, 6.45) is 5.59. The normalized spacial score (nSPS) is 28.7. The molecule has 1 N–H and O–H groups in total. The van der Waals surface area contributed by atoms with E-state index in [0.29, 0.717) is 5.92 Å². The Morgan fingerprint density at radius 2 is 2.00 bits per heavy atom. The van der Waals surface area contributed by atoms with E-state index >= 15 is 0 Å². The van der Waals surface area contributed by atoms with Gasteiger partial charge in [0.25, 0.3) is 0 Å². The van der Waals surface area contributed by atoms with Gasteiger partial charge in [-0.3, -0.25) is 0 Å². The maximum absolute atomic E-state index is 11.0. The Balaban J connectivity index is 1.81. The maximum Gasteiger partial charge on any atom is 0.0898 e. The standard InChI is InChI=1S/C16H21IO2/c1-15(18,12-3-5-14(17)6-4-12)13-7-10-19-16(11-13)8-2-9-16/h3-6,13,18H,2,7-11H2,1H3. The third kappa shape index (κ3) is 2.57. The quantitative estimate of drug-likeness (QED) is 0.800. The van der Waals surface area contributed by atoms with Crippen molar-refractivity contribution in [3.05, 3.63) is 33.4 Å². The maximum atomic E-state index is 11.0. The Bertz CT molecular complexity index is 448. The van der Waals surface area contributed by atoms with Gasteiger partial charge in [0.05, 0.1) is 11.2 Å². The van der Waals surface area contributed by atoms with Gasteiger partial charge in [-0.05, 0) is 85.2 Å². The van der Waals surface area contributed by atoms with Crippen LogP contribution in [-0.2, 0) is 10.3 Å². The van der Waals surface area contributed by atoms with E-state index in [2.05, 4.69) is 46.9 Å². The van der Waals surface area contributed by atoms with Crippen molar-refractivity contribution < 1.29 is 9.84 Å².